The highest BCUT2D eigenvalue weighted by molar-refractivity contribution is 5.89. The minimum atomic E-state index is -0.112. The van der Waals surface area contributed by atoms with Crippen LogP contribution in [0.2, 0.25) is 0 Å². The van der Waals surface area contributed by atoms with Crippen molar-refractivity contribution in [2.24, 2.45) is 0 Å². The van der Waals surface area contributed by atoms with Crippen LogP contribution in [0, 0.1) is 0 Å². The van der Waals surface area contributed by atoms with Gasteiger partial charge in [-0.2, -0.15) is 0 Å². The standard InChI is InChI=1S/C20H26N2O2/c1-3-7-17-10-12-19(13-11-17)21-20(23)22(14-15-24-2)16-18-8-5-4-6-9-18/h4-6,8-13H,3,7,14-16H2,1-2H3,(H,21,23). The van der Waals surface area contributed by atoms with Crippen molar-refractivity contribution in [1.82, 2.24) is 4.90 Å². The average molecular weight is 326 g/mol. The molecule has 24 heavy (non-hydrogen) atoms. The Morgan fingerprint density at radius 2 is 1.75 bits per heavy atom. The fraction of sp³-hybridized carbons (Fsp3) is 0.350. The van der Waals surface area contributed by atoms with Gasteiger partial charge in [-0.3, -0.25) is 0 Å². The zero-order valence-electron chi connectivity index (χ0n) is 14.5. The Morgan fingerprint density at radius 3 is 2.38 bits per heavy atom. The van der Waals surface area contributed by atoms with Crippen molar-refractivity contribution in [1.29, 1.82) is 0 Å². The molecule has 0 atom stereocenters. The van der Waals surface area contributed by atoms with E-state index in [1.165, 1.54) is 5.56 Å². The largest absolute Gasteiger partial charge is 0.383 e. The zero-order valence-corrected chi connectivity index (χ0v) is 14.5. The second-order valence-electron chi connectivity index (χ2n) is 5.78. The van der Waals surface area contributed by atoms with Crippen molar-refractivity contribution < 1.29 is 9.53 Å². The summed E-state index contributed by atoms with van der Waals surface area (Å²) in [7, 11) is 1.64. The van der Waals surface area contributed by atoms with Crippen LogP contribution < -0.4 is 5.32 Å². The van der Waals surface area contributed by atoms with Gasteiger partial charge in [-0.1, -0.05) is 55.8 Å². The van der Waals surface area contributed by atoms with E-state index in [9.17, 15) is 4.79 Å². The van der Waals surface area contributed by atoms with E-state index in [2.05, 4.69) is 24.4 Å². The Labute approximate surface area is 144 Å². The number of benzene rings is 2. The molecule has 4 heteroatoms. The van der Waals surface area contributed by atoms with Gasteiger partial charge in [0.05, 0.1) is 6.61 Å². The normalized spacial score (nSPS) is 10.4. The maximum atomic E-state index is 12.6. The number of nitrogens with zero attached hydrogens (tertiary/aromatic N) is 1. The molecule has 0 fully saturated rings. The highest BCUT2D eigenvalue weighted by atomic mass is 16.5. The number of urea groups is 1. The third kappa shape index (κ3) is 5.70. The molecule has 0 saturated heterocycles. The quantitative estimate of drug-likeness (QED) is 0.785. The lowest BCUT2D eigenvalue weighted by atomic mass is 10.1. The van der Waals surface area contributed by atoms with Crippen LogP contribution >= 0.6 is 0 Å². The predicted octanol–water partition coefficient (Wildman–Crippen LogP) is 4.32. The maximum absolute atomic E-state index is 12.6. The van der Waals surface area contributed by atoms with Crippen LogP contribution in [0.3, 0.4) is 0 Å². The lowest BCUT2D eigenvalue weighted by Gasteiger charge is -2.23. The number of anilines is 1. The van der Waals surface area contributed by atoms with Gasteiger partial charge in [-0.15, -0.1) is 0 Å². The lowest BCUT2D eigenvalue weighted by Crippen LogP contribution is -2.36. The molecule has 0 aliphatic rings. The molecular weight excluding hydrogens is 300 g/mol. The van der Waals surface area contributed by atoms with Crippen molar-refractivity contribution in [3.63, 3.8) is 0 Å². The Hall–Kier alpha value is -2.33. The number of rotatable bonds is 8. The third-order valence-electron chi connectivity index (χ3n) is 3.81. The van der Waals surface area contributed by atoms with Crippen molar-refractivity contribution in [3.8, 4) is 0 Å². The molecule has 0 aromatic heterocycles. The average Bonchev–Trinajstić information content (AvgIpc) is 2.61. The van der Waals surface area contributed by atoms with Gasteiger partial charge in [0, 0.05) is 25.9 Å². The molecule has 0 unspecified atom stereocenters. The number of carbonyl (C=O) groups excluding carboxylic acids is 1. The van der Waals surface area contributed by atoms with Gasteiger partial charge in [0.1, 0.15) is 0 Å². The summed E-state index contributed by atoms with van der Waals surface area (Å²) in [6, 6.07) is 17.9. The van der Waals surface area contributed by atoms with E-state index in [-0.39, 0.29) is 6.03 Å². The van der Waals surface area contributed by atoms with Gasteiger partial charge in [0.2, 0.25) is 0 Å². The first-order chi connectivity index (χ1) is 11.7. The highest BCUT2D eigenvalue weighted by Crippen LogP contribution is 2.13. The maximum Gasteiger partial charge on any atom is 0.322 e. The number of amides is 2. The number of hydrogen-bond donors (Lipinski definition) is 1. The second-order valence-corrected chi connectivity index (χ2v) is 5.78. The monoisotopic (exact) mass is 326 g/mol. The van der Waals surface area contributed by atoms with E-state index in [4.69, 9.17) is 4.74 Å². The van der Waals surface area contributed by atoms with Crippen molar-refractivity contribution >= 4 is 11.7 Å². The minimum absolute atomic E-state index is 0.112. The predicted molar refractivity (Wildman–Crippen MR) is 98.2 cm³/mol. The van der Waals surface area contributed by atoms with E-state index in [0.717, 1.165) is 24.1 Å². The van der Waals surface area contributed by atoms with Gasteiger partial charge >= 0.3 is 6.03 Å². The van der Waals surface area contributed by atoms with E-state index in [1.807, 2.05) is 42.5 Å². The van der Waals surface area contributed by atoms with Crippen LogP contribution in [-0.2, 0) is 17.7 Å². The van der Waals surface area contributed by atoms with Crippen molar-refractivity contribution in [2.45, 2.75) is 26.3 Å². The minimum Gasteiger partial charge on any atom is -0.383 e. The first-order valence-electron chi connectivity index (χ1n) is 8.40. The van der Waals surface area contributed by atoms with E-state index in [0.29, 0.717) is 19.7 Å². The van der Waals surface area contributed by atoms with Gasteiger partial charge in [0.25, 0.3) is 0 Å². The van der Waals surface area contributed by atoms with Crippen LogP contribution in [0.15, 0.2) is 54.6 Å². The van der Waals surface area contributed by atoms with Crippen molar-refractivity contribution in [2.75, 3.05) is 25.6 Å². The van der Waals surface area contributed by atoms with Gasteiger partial charge < -0.3 is 15.0 Å². The molecule has 2 aromatic rings. The summed E-state index contributed by atoms with van der Waals surface area (Å²) in [5, 5.41) is 2.97. The molecule has 1 N–H and O–H groups in total. The number of methoxy groups -OCH3 is 1. The van der Waals surface area contributed by atoms with Crippen LogP contribution in [0.5, 0.6) is 0 Å². The molecule has 128 valence electrons. The van der Waals surface area contributed by atoms with Gasteiger partial charge in [-0.25, -0.2) is 4.79 Å². The first-order valence-corrected chi connectivity index (χ1v) is 8.40. The fourth-order valence-electron chi connectivity index (χ4n) is 2.50. The SMILES string of the molecule is CCCc1ccc(NC(=O)N(CCOC)Cc2ccccc2)cc1. The van der Waals surface area contributed by atoms with Crippen LogP contribution in [0.1, 0.15) is 24.5 Å². The van der Waals surface area contributed by atoms with E-state index >= 15 is 0 Å². The molecule has 2 amide bonds. The summed E-state index contributed by atoms with van der Waals surface area (Å²) in [6.07, 6.45) is 2.18. The number of carbonyl (C=O) groups is 1. The molecule has 0 spiro atoms. The summed E-state index contributed by atoms with van der Waals surface area (Å²) in [4.78, 5) is 14.4. The molecule has 2 aromatic carbocycles. The zero-order chi connectivity index (χ0) is 17.2. The topological polar surface area (TPSA) is 41.6 Å². The number of hydrogen-bond acceptors (Lipinski definition) is 2. The molecule has 0 aliphatic carbocycles. The molecule has 0 heterocycles. The van der Waals surface area contributed by atoms with Gasteiger partial charge in [0.15, 0.2) is 0 Å². The molecule has 4 nitrogen and oxygen atoms in total. The third-order valence-corrected chi connectivity index (χ3v) is 3.81. The number of aryl methyl sites for hydroxylation is 1. The van der Waals surface area contributed by atoms with Crippen molar-refractivity contribution in [3.05, 3.63) is 65.7 Å². The summed E-state index contributed by atoms with van der Waals surface area (Å²) >= 11 is 0. The second kappa shape index (κ2) is 9.73. The molecule has 0 radical (unpaired) electrons. The highest BCUT2D eigenvalue weighted by Gasteiger charge is 2.14. The Morgan fingerprint density at radius 1 is 1.04 bits per heavy atom. The number of ether oxygens (including phenoxy) is 1. The van der Waals surface area contributed by atoms with E-state index in [1.54, 1.807) is 12.0 Å². The van der Waals surface area contributed by atoms with E-state index < -0.39 is 0 Å². The fourth-order valence-corrected chi connectivity index (χ4v) is 2.50. The molecule has 2 rings (SSSR count). The Kier molecular flexibility index (Phi) is 7.30. The van der Waals surface area contributed by atoms with Gasteiger partial charge in [-0.05, 0) is 29.7 Å². The van der Waals surface area contributed by atoms with Crippen LogP contribution in [-0.4, -0.2) is 31.2 Å². The first kappa shape index (κ1) is 18.0. The van der Waals surface area contributed by atoms with Crippen LogP contribution in [0.25, 0.3) is 0 Å². The Bertz CT molecular complexity index is 611. The molecule has 0 aliphatic heterocycles. The molecule has 0 saturated carbocycles. The lowest BCUT2D eigenvalue weighted by molar-refractivity contribution is 0.153. The number of nitrogens with one attached hydrogen (secondary N) is 1. The summed E-state index contributed by atoms with van der Waals surface area (Å²) in [5.74, 6) is 0. The summed E-state index contributed by atoms with van der Waals surface area (Å²) in [6.45, 7) is 3.78. The summed E-state index contributed by atoms with van der Waals surface area (Å²) in [5.41, 5.74) is 3.20. The van der Waals surface area contributed by atoms with Crippen LogP contribution in [0.4, 0.5) is 10.5 Å². The summed E-state index contributed by atoms with van der Waals surface area (Å²) < 4.78 is 5.13. The Balaban J connectivity index is 2.00. The smallest absolute Gasteiger partial charge is 0.322 e. The molecular formula is C20H26N2O2. The molecule has 0 bridgehead atoms.